The van der Waals surface area contributed by atoms with Crippen molar-refractivity contribution in [3.05, 3.63) is 41.5 Å². The molecule has 9 nitrogen and oxygen atoms in total. The number of benzene rings is 2. The SMILES string of the molecule is CC(C)=CCc1c(O)c(O)c2ccccc2c1O.CCC(=O)O.CCC(=O)O.CCC(=O)O. The first-order valence-electron chi connectivity index (χ1n) is 10.3. The van der Waals surface area contributed by atoms with Gasteiger partial charge in [-0.15, -0.1) is 0 Å². The highest BCUT2D eigenvalue weighted by Crippen LogP contribution is 2.44. The topological polar surface area (TPSA) is 173 Å². The number of hydrogen-bond acceptors (Lipinski definition) is 6. The van der Waals surface area contributed by atoms with Gasteiger partial charge in [-0.1, -0.05) is 56.7 Å². The van der Waals surface area contributed by atoms with E-state index in [1.807, 2.05) is 19.9 Å². The molecule has 0 saturated carbocycles. The highest BCUT2D eigenvalue weighted by Gasteiger charge is 2.16. The molecule has 6 N–H and O–H groups in total. The first-order chi connectivity index (χ1) is 15.3. The van der Waals surface area contributed by atoms with Crippen LogP contribution in [-0.2, 0) is 20.8 Å². The molecular weight excluding hydrogens is 432 g/mol. The Labute approximate surface area is 193 Å². The van der Waals surface area contributed by atoms with E-state index < -0.39 is 17.9 Å². The fourth-order valence-corrected chi connectivity index (χ4v) is 1.94. The predicted molar refractivity (Wildman–Crippen MR) is 126 cm³/mol. The van der Waals surface area contributed by atoms with Crippen LogP contribution in [-0.4, -0.2) is 48.5 Å². The quantitative estimate of drug-likeness (QED) is 0.203. The maximum Gasteiger partial charge on any atom is 0.303 e. The van der Waals surface area contributed by atoms with E-state index in [9.17, 15) is 29.7 Å². The first-order valence-corrected chi connectivity index (χ1v) is 10.3. The van der Waals surface area contributed by atoms with E-state index in [-0.39, 0.29) is 36.5 Å². The Kier molecular flexibility index (Phi) is 16.1. The number of carbonyl (C=O) groups is 3. The van der Waals surface area contributed by atoms with Gasteiger partial charge in [0.1, 0.15) is 5.75 Å². The van der Waals surface area contributed by atoms with Crippen LogP contribution in [0.2, 0.25) is 0 Å². The Morgan fingerprint density at radius 1 is 0.697 bits per heavy atom. The monoisotopic (exact) mass is 466 g/mol. The van der Waals surface area contributed by atoms with E-state index in [2.05, 4.69) is 0 Å². The summed E-state index contributed by atoms with van der Waals surface area (Å²) < 4.78 is 0. The van der Waals surface area contributed by atoms with Crippen molar-refractivity contribution >= 4 is 28.7 Å². The fraction of sp³-hybridized carbons (Fsp3) is 0.375. The summed E-state index contributed by atoms with van der Waals surface area (Å²) in [6, 6.07) is 6.91. The zero-order valence-electron chi connectivity index (χ0n) is 19.6. The van der Waals surface area contributed by atoms with Gasteiger partial charge < -0.3 is 30.6 Å². The number of allylic oxidation sites excluding steroid dienone is 2. The molecule has 2 aromatic rings. The van der Waals surface area contributed by atoms with Crippen molar-refractivity contribution in [1.82, 2.24) is 0 Å². The molecule has 2 aromatic carbocycles. The summed E-state index contributed by atoms with van der Waals surface area (Å²) in [7, 11) is 0. The highest BCUT2D eigenvalue weighted by atomic mass is 16.4. The van der Waals surface area contributed by atoms with E-state index in [1.54, 1.807) is 45.0 Å². The molecule has 184 valence electrons. The van der Waals surface area contributed by atoms with Crippen molar-refractivity contribution in [2.75, 3.05) is 0 Å². The second-order valence-corrected chi connectivity index (χ2v) is 6.80. The molecule has 33 heavy (non-hydrogen) atoms. The third-order valence-corrected chi connectivity index (χ3v) is 3.86. The highest BCUT2D eigenvalue weighted by molar-refractivity contribution is 5.96. The molecular formula is C24H34O9. The van der Waals surface area contributed by atoms with Crippen LogP contribution in [0, 0.1) is 0 Å². The molecule has 0 amide bonds. The van der Waals surface area contributed by atoms with Gasteiger partial charge in [0, 0.05) is 35.6 Å². The normalized spacial score (nSPS) is 9.12. The number of carboxylic acids is 3. The largest absolute Gasteiger partial charge is 0.507 e. The molecule has 0 radical (unpaired) electrons. The van der Waals surface area contributed by atoms with Gasteiger partial charge in [-0.3, -0.25) is 14.4 Å². The number of hydrogen-bond donors (Lipinski definition) is 6. The smallest absolute Gasteiger partial charge is 0.303 e. The molecule has 0 spiro atoms. The standard InChI is InChI=1S/C15H16O3.3C3H6O2/c1-9(2)7-8-12-13(16)10-5-3-4-6-11(10)14(17)15(12)18;3*1-2-3(4)5/h3-7,16-18H,8H2,1-2H3;3*2H2,1H3,(H,4,5). The van der Waals surface area contributed by atoms with Crippen LogP contribution in [0.5, 0.6) is 17.2 Å². The lowest BCUT2D eigenvalue weighted by molar-refractivity contribution is -0.137. The molecule has 9 heteroatoms. The maximum absolute atomic E-state index is 10.2. The van der Waals surface area contributed by atoms with Gasteiger partial charge in [-0.2, -0.15) is 0 Å². The van der Waals surface area contributed by atoms with Gasteiger partial charge in [0.25, 0.3) is 0 Å². The van der Waals surface area contributed by atoms with Crippen LogP contribution in [0.1, 0.15) is 59.4 Å². The van der Waals surface area contributed by atoms with Crippen molar-refractivity contribution in [3.63, 3.8) is 0 Å². The number of phenols is 3. The van der Waals surface area contributed by atoms with Crippen LogP contribution < -0.4 is 0 Å². The van der Waals surface area contributed by atoms with Crippen LogP contribution >= 0.6 is 0 Å². The summed E-state index contributed by atoms with van der Waals surface area (Å²) in [5, 5.41) is 54.2. The molecule has 0 heterocycles. The number of rotatable bonds is 5. The van der Waals surface area contributed by atoms with Crippen LogP contribution in [0.3, 0.4) is 0 Å². The molecule has 0 bridgehead atoms. The average molecular weight is 467 g/mol. The van der Waals surface area contributed by atoms with Crippen molar-refractivity contribution in [2.24, 2.45) is 0 Å². The van der Waals surface area contributed by atoms with E-state index >= 15 is 0 Å². The third kappa shape index (κ3) is 13.3. The van der Waals surface area contributed by atoms with Gasteiger partial charge in [0.05, 0.1) is 0 Å². The molecule has 0 aliphatic heterocycles. The Morgan fingerprint density at radius 3 is 1.33 bits per heavy atom. The molecule has 0 aliphatic rings. The Hall–Kier alpha value is -3.75. The van der Waals surface area contributed by atoms with Gasteiger partial charge in [0.15, 0.2) is 11.5 Å². The summed E-state index contributed by atoms with van der Waals surface area (Å²) in [5.41, 5.74) is 1.44. The molecule has 2 rings (SSSR count). The number of phenolic OH excluding ortho intramolecular Hbond substituents is 3. The van der Waals surface area contributed by atoms with Crippen molar-refractivity contribution < 1.29 is 45.0 Å². The predicted octanol–water partition coefficient (Wildman–Crippen LogP) is 4.91. The third-order valence-electron chi connectivity index (χ3n) is 3.86. The molecule has 0 saturated heterocycles. The van der Waals surface area contributed by atoms with E-state index in [0.29, 0.717) is 22.8 Å². The van der Waals surface area contributed by atoms with Gasteiger partial charge in [-0.05, 0) is 20.3 Å². The van der Waals surface area contributed by atoms with Gasteiger partial charge in [-0.25, -0.2) is 0 Å². The maximum atomic E-state index is 10.2. The summed E-state index contributed by atoms with van der Waals surface area (Å²) in [6.07, 6.45) is 2.95. The summed E-state index contributed by atoms with van der Waals surface area (Å²) in [5.74, 6) is -2.64. The lowest BCUT2D eigenvalue weighted by Gasteiger charge is -2.11. The zero-order chi connectivity index (χ0) is 26.1. The minimum atomic E-state index is -0.745. The number of carboxylic acid groups (broad SMARTS) is 3. The second-order valence-electron chi connectivity index (χ2n) is 6.80. The minimum Gasteiger partial charge on any atom is -0.507 e. The van der Waals surface area contributed by atoms with Crippen LogP contribution in [0.4, 0.5) is 0 Å². The second kappa shape index (κ2) is 16.9. The van der Waals surface area contributed by atoms with Crippen LogP contribution in [0.15, 0.2) is 35.9 Å². The number of fused-ring (bicyclic) bond motifs is 1. The Morgan fingerprint density at radius 2 is 1.03 bits per heavy atom. The van der Waals surface area contributed by atoms with Gasteiger partial charge >= 0.3 is 17.9 Å². The molecule has 0 atom stereocenters. The first kappa shape index (κ1) is 31.4. The van der Waals surface area contributed by atoms with Crippen molar-refractivity contribution in [1.29, 1.82) is 0 Å². The van der Waals surface area contributed by atoms with Crippen molar-refractivity contribution in [2.45, 2.75) is 60.3 Å². The van der Waals surface area contributed by atoms with Crippen molar-refractivity contribution in [3.8, 4) is 17.2 Å². The van der Waals surface area contributed by atoms with Gasteiger partial charge in [0.2, 0.25) is 0 Å². The average Bonchev–Trinajstić information content (AvgIpc) is 2.78. The lowest BCUT2D eigenvalue weighted by Crippen LogP contribution is -1.88. The number of aromatic hydroxyl groups is 3. The lowest BCUT2D eigenvalue weighted by atomic mass is 10.00. The number of aliphatic carboxylic acids is 3. The summed E-state index contributed by atoms with van der Waals surface area (Å²) in [6.45, 7) is 8.68. The fourth-order valence-electron chi connectivity index (χ4n) is 1.94. The van der Waals surface area contributed by atoms with E-state index in [4.69, 9.17) is 15.3 Å². The molecule has 0 fully saturated rings. The summed E-state index contributed by atoms with van der Waals surface area (Å²) >= 11 is 0. The Balaban J connectivity index is 0. The zero-order valence-corrected chi connectivity index (χ0v) is 19.6. The minimum absolute atomic E-state index is 0.0263. The molecule has 0 unspecified atom stereocenters. The van der Waals surface area contributed by atoms with E-state index in [0.717, 1.165) is 5.57 Å². The molecule has 0 aliphatic carbocycles. The molecule has 0 aromatic heterocycles. The summed E-state index contributed by atoms with van der Waals surface area (Å²) in [4.78, 5) is 28.1. The Bertz CT molecular complexity index is 909. The van der Waals surface area contributed by atoms with Crippen LogP contribution in [0.25, 0.3) is 10.8 Å². The van der Waals surface area contributed by atoms with E-state index in [1.165, 1.54) is 0 Å².